The molecule has 1 aliphatic rings. The van der Waals surface area contributed by atoms with E-state index < -0.39 is 0 Å². The molecule has 1 amide bonds. The summed E-state index contributed by atoms with van der Waals surface area (Å²) in [5.74, 6) is 0.613. The zero-order valence-electron chi connectivity index (χ0n) is 16.6. The number of piperazine rings is 1. The second kappa shape index (κ2) is 8.33. The Kier molecular flexibility index (Phi) is 5.25. The smallest absolute Gasteiger partial charge is 0.246 e. The van der Waals surface area contributed by atoms with Crippen LogP contribution in [0.25, 0.3) is 22.2 Å². The van der Waals surface area contributed by atoms with Crippen LogP contribution in [0.15, 0.2) is 59.3 Å². The van der Waals surface area contributed by atoms with Crippen molar-refractivity contribution in [1.29, 1.82) is 0 Å². The van der Waals surface area contributed by atoms with Gasteiger partial charge in [0.25, 0.3) is 0 Å². The zero-order chi connectivity index (χ0) is 20.3. The van der Waals surface area contributed by atoms with Gasteiger partial charge in [-0.3, -0.25) is 4.79 Å². The van der Waals surface area contributed by atoms with E-state index >= 15 is 0 Å². The molecule has 0 spiro atoms. The molecule has 2 aromatic heterocycles. The number of amides is 1. The Morgan fingerprint density at radius 3 is 2.73 bits per heavy atom. The van der Waals surface area contributed by atoms with Crippen molar-refractivity contribution in [1.82, 2.24) is 25.1 Å². The third-order valence-electron chi connectivity index (χ3n) is 5.65. The number of tetrazole rings is 1. The van der Waals surface area contributed by atoms with Crippen molar-refractivity contribution in [2.45, 2.75) is 13.1 Å². The summed E-state index contributed by atoms with van der Waals surface area (Å²) in [6.45, 7) is 4.52. The van der Waals surface area contributed by atoms with Gasteiger partial charge in [0.2, 0.25) is 11.7 Å². The topological polar surface area (TPSA) is 68.4 Å². The average Bonchev–Trinajstić information content (AvgIpc) is 3.47. The van der Waals surface area contributed by atoms with Gasteiger partial charge in [-0.25, -0.2) is 0 Å². The molecular formula is C22H23N6OS+. The average molecular weight is 420 g/mol. The molecule has 0 aliphatic carbocycles. The number of thiophene rings is 1. The van der Waals surface area contributed by atoms with E-state index in [1.807, 2.05) is 21.7 Å². The molecule has 0 atom stereocenters. The van der Waals surface area contributed by atoms with Crippen LogP contribution in [0.5, 0.6) is 0 Å². The van der Waals surface area contributed by atoms with E-state index in [0.717, 1.165) is 38.3 Å². The van der Waals surface area contributed by atoms with Gasteiger partial charge in [0.05, 0.1) is 26.2 Å². The lowest BCUT2D eigenvalue weighted by Gasteiger charge is -2.32. The van der Waals surface area contributed by atoms with Gasteiger partial charge < -0.3 is 9.80 Å². The molecular weight excluding hydrogens is 396 g/mol. The number of benzene rings is 2. The molecule has 0 unspecified atom stereocenters. The molecule has 0 bridgehead atoms. The van der Waals surface area contributed by atoms with E-state index in [0.29, 0.717) is 5.82 Å². The molecule has 30 heavy (non-hydrogen) atoms. The molecule has 3 heterocycles. The minimum Gasteiger partial charge on any atom is -0.330 e. The fourth-order valence-corrected chi connectivity index (χ4v) is 4.64. The van der Waals surface area contributed by atoms with Crippen LogP contribution >= 0.6 is 11.3 Å². The molecule has 7 nitrogen and oxygen atoms in total. The van der Waals surface area contributed by atoms with Gasteiger partial charge in [-0.2, -0.15) is 16.1 Å². The standard InChI is InChI=1S/C22H22N6OS/c29-21(15-28-24-22(23-25-28)19-8-13-30-16-19)27-11-9-26(10-12-27)14-18-6-3-5-17-4-1-2-7-20(17)18/h1-8,13,16H,9-12,14-15H2/p+1. The van der Waals surface area contributed by atoms with E-state index in [4.69, 9.17) is 0 Å². The van der Waals surface area contributed by atoms with Crippen molar-refractivity contribution < 1.29 is 9.69 Å². The monoisotopic (exact) mass is 419 g/mol. The molecule has 152 valence electrons. The molecule has 0 radical (unpaired) electrons. The fourth-order valence-electron chi connectivity index (χ4n) is 4.00. The van der Waals surface area contributed by atoms with Crippen LogP contribution in [0.2, 0.25) is 0 Å². The van der Waals surface area contributed by atoms with Gasteiger partial charge in [-0.1, -0.05) is 42.5 Å². The van der Waals surface area contributed by atoms with Crippen molar-refractivity contribution in [3.8, 4) is 11.4 Å². The Morgan fingerprint density at radius 1 is 1.07 bits per heavy atom. The lowest BCUT2D eigenvalue weighted by atomic mass is 10.0. The number of aromatic nitrogens is 4. The lowest BCUT2D eigenvalue weighted by Crippen LogP contribution is -3.13. The summed E-state index contributed by atoms with van der Waals surface area (Å²) in [4.78, 5) is 17.5. The minimum atomic E-state index is 0.0495. The second-order valence-electron chi connectivity index (χ2n) is 7.60. The van der Waals surface area contributed by atoms with Crippen LogP contribution in [-0.2, 0) is 17.9 Å². The first-order valence-corrected chi connectivity index (χ1v) is 11.1. The Bertz CT molecular complexity index is 1140. The third kappa shape index (κ3) is 3.96. The molecule has 2 aromatic carbocycles. The zero-order valence-corrected chi connectivity index (χ0v) is 17.4. The van der Waals surface area contributed by atoms with Gasteiger partial charge >= 0.3 is 0 Å². The molecule has 0 saturated carbocycles. The van der Waals surface area contributed by atoms with Crippen molar-refractivity contribution >= 4 is 28.0 Å². The van der Waals surface area contributed by atoms with E-state index in [1.165, 1.54) is 26.0 Å². The Labute approximate surface area is 178 Å². The van der Waals surface area contributed by atoms with Gasteiger partial charge in [-0.05, 0) is 27.4 Å². The highest BCUT2D eigenvalue weighted by Gasteiger charge is 2.25. The number of hydrogen-bond acceptors (Lipinski definition) is 5. The van der Waals surface area contributed by atoms with Gasteiger partial charge in [0.15, 0.2) is 0 Å². The summed E-state index contributed by atoms with van der Waals surface area (Å²) in [6.07, 6.45) is 0. The number of hydrogen-bond donors (Lipinski definition) is 1. The van der Waals surface area contributed by atoms with E-state index in [-0.39, 0.29) is 12.5 Å². The van der Waals surface area contributed by atoms with Crippen LogP contribution in [0.1, 0.15) is 5.56 Å². The highest BCUT2D eigenvalue weighted by atomic mass is 32.1. The molecule has 1 fully saturated rings. The maximum absolute atomic E-state index is 12.7. The van der Waals surface area contributed by atoms with Crippen LogP contribution < -0.4 is 4.90 Å². The summed E-state index contributed by atoms with van der Waals surface area (Å²) < 4.78 is 0. The first kappa shape index (κ1) is 18.9. The van der Waals surface area contributed by atoms with Crippen molar-refractivity contribution in [3.05, 3.63) is 64.9 Å². The molecule has 1 saturated heterocycles. The number of quaternary nitrogens is 1. The summed E-state index contributed by atoms with van der Waals surface area (Å²) in [5, 5.41) is 19.0. The van der Waals surface area contributed by atoms with Gasteiger partial charge in [0.1, 0.15) is 13.1 Å². The Balaban J connectivity index is 1.17. The van der Waals surface area contributed by atoms with Crippen molar-refractivity contribution in [2.75, 3.05) is 26.2 Å². The summed E-state index contributed by atoms with van der Waals surface area (Å²) in [6, 6.07) is 17.0. The summed E-state index contributed by atoms with van der Waals surface area (Å²) in [7, 11) is 0. The first-order valence-electron chi connectivity index (χ1n) is 10.1. The number of carbonyl (C=O) groups excluding carboxylic acids is 1. The summed E-state index contributed by atoms with van der Waals surface area (Å²) >= 11 is 1.59. The maximum Gasteiger partial charge on any atom is 0.246 e. The van der Waals surface area contributed by atoms with Crippen LogP contribution in [0.4, 0.5) is 0 Å². The minimum absolute atomic E-state index is 0.0495. The van der Waals surface area contributed by atoms with E-state index in [2.05, 4.69) is 57.9 Å². The predicted octanol–water partition coefficient (Wildman–Crippen LogP) is 1.48. The predicted molar refractivity (Wildman–Crippen MR) is 116 cm³/mol. The highest BCUT2D eigenvalue weighted by molar-refractivity contribution is 7.08. The Hall–Kier alpha value is -3.10. The molecule has 1 N–H and O–H groups in total. The first-order chi connectivity index (χ1) is 14.8. The third-order valence-corrected chi connectivity index (χ3v) is 6.34. The molecule has 8 heteroatoms. The molecule has 1 aliphatic heterocycles. The number of nitrogens with one attached hydrogen (secondary N) is 1. The van der Waals surface area contributed by atoms with Crippen molar-refractivity contribution in [3.63, 3.8) is 0 Å². The van der Waals surface area contributed by atoms with Crippen LogP contribution in [0, 0.1) is 0 Å². The normalized spacial score (nSPS) is 15.0. The largest absolute Gasteiger partial charge is 0.330 e. The van der Waals surface area contributed by atoms with E-state index in [1.54, 1.807) is 11.3 Å². The van der Waals surface area contributed by atoms with Crippen LogP contribution in [0.3, 0.4) is 0 Å². The number of nitrogens with zero attached hydrogens (tertiary/aromatic N) is 5. The van der Waals surface area contributed by atoms with Gasteiger partial charge in [0, 0.05) is 16.5 Å². The molecule has 4 aromatic rings. The fraction of sp³-hybridized carbons (Fsp3) is 0.273. The number of rotatable bonds is 5. The van der Waals surface area contributed by atoms with Gasteiger partial charge in [-0.15, -0.1) is 10.2 Å². The number of carbonyl (C=O) groups is 1. The highest BCUT2D eigenvalue weighted by Crippen LogP contribution is 2.18. The van der Waals surface area contributed by atoms with E-state index in [9.17, 15) is 4.79 Å². The second-order valence-corrected chi connectivity index (χ2v) is 8.38. The number of fused-ring (bicyclic) bond motifs is 1. The maximum atomic E-state index is 12.7. The Morgan fingerprint density at radius 2 is 1.90 bits per heavy atom. The molecule has 5 rings (SSSR count). The summed E-state index contributed by atoms with van der Waals surface area (Å²) in [5.41, 5.74) is 2.31. The van der Waals surface area contributed by atoms with Crippen molar-refractivity contribution in [2.24, 2.45) is 0 Å². The quantitative estimate of drug-likeness (QED) is 0.532. The lowest BCUT2D eigenvalue weighted by molar-refractivity contribution is -0.917. The SMILES string of the molecule is O=C(Cn1nnc(-c2ccsc2)n1)N1CC[NH+](Cc2cccc3ccccc23)CC1. The van der Waals surface area contributed by atoms with Crippen LogP contribution in [-0.4, -0.2) is 57.2 Å².